The summed E-state index contributed by atoms with van der Waals surface area (Å²) >= 11 is 0. The van der Waals surface area contributed by atoms with Gasteiger partial charge in [0.1, 0.15) is 23.0 Å². The molecule has 26 heavy (non-hydrogen) atoms. The number of benzene rings is 1. The van der Waals surface area contributed by atoms with Crippen molar-refractivity contribution in [3.63, 3.8) is 0 Å². The monoisotopic (exact) mass is 361 g/mol. The van der Waals surface area contributed by atoms with E-state index in [1.54, 1.807) is 9.80 Å². The van der Waals surface area contributed by atoms with E-state index < -0.39 is 11.6 Å². The molecule has 2 aromatic rings. The third kappa shape index (κ3) is 3.76. The smallest absolute Gasteiger partial charge is 0.272 e. The Kier molecular flexibility index (Phi) is 5.06. The van der Waals surface area contributed by atoms with Gasteiger partial charge in [0.05, 0.1) is 0 Å². The minimum atomic E-state index is -0.786. The number of nitrogens with one attached hydrogen (secondary N) is 1. The van der Waals surface area contributed by atoms with Gasteiger partial charge in [-0.25, -0.2) is 18.7 Å². The molecule has 1 aromatic heterocycles. The van der Waals surface area contributed by atoms with Gasteiger partial charge in [-0.15, -0.1) is 0 Å². The van der Waals surface area contributed by atoms with Crippen LogP contribution < -0.4 is 5.32 Å². The molecule has 1 aliphatic rings. The molecule has 1 fully saturated rings. The fourth-order valence-corrected chi connectivity index (χ4v) is 2.65. The van der Waals surface area contributed by atoms with Crippen LogP contribution in [0.5, 0.6) is 0 Å². The SMILES string of the molecule is CC(=O)N1CCN(C(=O)c2ccnc(Nc3c(F)cccc3F)n2)CC1. The van der Waals surface area contributed by atoms with E-state index in [9.17, 15) is 18.4 Å². The summed E-state index contributed by atoms with van der Waals surface area (Å²) in [6.07, 6.45) is 1.34. The van der Waals surface area contributed by atoms with Gasteiger partial charge >= 0.3 is 0 Å². The number of piperazine rings is 1. The first-order chi connectivity index (χ1) is 12.5. The molecule has 1 aliphatic heterocycles. The zero-order valence-corrected chi connectivity index (χ0v) is 14.1. The molecular weight excluding hydrogens is 344 g/mol. The normalized spacial score (nSPS) is 14.3. The molecule has 0 aliphatic carbocycles. The number of rotatable bonds is 3. The second kappa shape index (κ2) is 7.42. The van der Waals surface area contributed by atoms with E-state index in [4.69, 9.17) is 0 Å². The highest BCUT2D eigenvalue weighted by Gasteiger charge is 2.24. The van der Waals surface area contributed by atoms with Gasteiger partial charge < -0.3 is 15.1 Å². The van der Waals surface area contributed by atoms with E-state index in [1.807, 2.05) is 0 Å². The zero-order chi connectivity index (χ0) is 18.7. The lowest BCUT2D eigenvalue weighted by Gasteiger charge is -2.34. The van der Waals surface area contributed by atoms with Crippen LogP contribution in [0.3, 0.4) is 0 Å². The van der Waals surface area contributed by atoms with Crippen molar-refractivity contribution in [2.24, 2.45) is 0 Å². The fraction of sp³-hybridized carbons (Fsp3) is 0.294. The maximum absolute atomic E-state index is 13.7. The topological polar surface area (TPSA) is 78.4 Å². The molecule has 1 N–H and O–H groups in total. The number of hydrogen-bond donors (Lipinski definition) is 1. The molecule has 1 aromatic carbocycles. The summed E-state index contributed by atoms with van der Waals surface area (Å²) in [5, 5.41) is 2.46. The van der Waals surface area contributed by atoms with Crippen LogP contribution in [0.25, 0.3) is 0 Å². The summed E-state index contributed by atoms with van der Waals surface area (Å²) in [6.45, 7) is 3.19. The highest BCUT2D eigenvalue weighted by molar-refractivity contribution is 5.92. The minimum absolute atomic E-state index is 0.0301. The average molecular weight is 361 g/mol. The lowest BCUT2D eigenvalue weighted by atomic mass is 10.2. The minimum Gasteiger partial charge on any atom is -0.339 e. The Balaban J connectivity index is 1.73. The van der Waals surface area contributed by atoms with E-state index >= 15 is 0 Å². The molecule has 0 unspecified atom stereocenters. The Hall–Kier alpha value is -3.10. The molecule has 3 rings (SSSR count). The number of para-hydroxylation sites is 1. The highest BCUT2D eigenvalue weighted by atomic mass is 19.1. The molecule has 0 radical (unpaired) electrons. The lowest BCUT2D eigenvalue weighted by Crippen LogP contribution is -2.50. The fourth-order valence-electron chi connectivity index (χ4n) is 2.65. The third-order valence-corrected chi connectivity index (χ3v) is 4.09. The first kappa shape index (κ1) is 17.7. The molecule has 0 atom stereocenters. The molecule has 1 saturated heterocycles. The Morgan fingerprint density at radius 3 is 2.27 bits per heavy atom. The van der Waals surface area contributed by atoms with Gasteiger partial charge in [-0.05, 0) is 18.2 Å². The number of anilines is 2. The van der Waals surface area contributed by atoms with Gasteiger partial charge in [-0.1, -0.05) is 6.07 Å². The standard InChI is InChI=1S/C17H17F2N5O2/c1-11(25)23-7-9-24(10-8-23)16(26)14-5-6-20-17(21-14)22-15-12(18)3-2-4-13(15)19/h2-6H,7-10H2,1H3,(H,20,21,22). The largest absolute Gasteiger partial charge is 0.339 e. The lowest BCUT2D eigenvalue weighted by molar-refractivity contribution is -0.130. The Labute approximate surface area is 148 Å². The van der Waals surface area contributed by atoms with Crippen molar-refractivity contribution in [3.05, 3.63) is 47.8 Å². The maximum atomic E-state index is 13.7. The molecule has 2 amide bonds. The quantitative estimate of drug-likeness (QED) is 0.902. The second-order valence-electron chi connectivity index (χ2n) is 5.79. The van der Waals surface area contributed by atoms with Crippen LogP contribution in [-0.4, -0.2) is 57.8 Å². The van der Waals surface area contributed by atoms with Crippen LogP contribution in [0.1, 0.15) is 17.4 Å². The third-order valence-electron chi connectivity index (χ3n) is 4.09. The highest BCUT2D eigenvalue weighted by Crippen LogP contribution is 2.21. The van der Waals surface area contributed by atoms with Crippen LogP contribution in [0.2, 0.25) is 0 Å². The predicted octanol–water partition coefficient (Wildman–Crippen LogP) is 1.80. The van der Waals surface area contributed by atoms with Crippen molar-refractivity contribution in [2.75, 3.05) is 31.5 Å². The number of nitrogens with zero attached hydrogens (tertiary/aromatic N) is 4. The summed E-state index contributed by atoms with van der Waals surface area (Å²) in [5.41, 5.74) is -0.275. The summed E-state index contributed by atoms with van der Waals surface area (Å²) in [6, 6.07) is 4.89. The van der Waals surface area contributed by atoms with E-state index in [0.29, 0.717) is 26.2 Å². The van der Waals surface area contributed by atoms with Crippen molar-refractivity contribution < 1.29 is 18.4 Å². The number of carbonyl (C=O) groups excluding carboxylic acids is 2. The van der Waals surface area contributed by atoms with Crippen molar-refractivity contribution in [1.29, 1.82) is 0 Å². The molecule has 0 spiro atoms. The van der Waals surface area contributed by atoms with Gasteiger partial charge in [0.2, 0.25) is 11.9 Å². The van der Waals surface area contributed by atoms with E-state index in [2.05, 4.69) is 15.3 Å². The van der Waals surface area contributed by atoms with Crippen molar-refractivity contribution >= 4 is 23.5 Å². The molecule has 9 heteroatoms. The summed E-state index contributed by atoms with van der Waals surface area (Å²) in [4.78, 5) is 35.1. The van der Waals surface area contributed by atoms with Gasteiger partial charge in [0.25, 0.3) is 5.91 Å². The zero-order valence-electron chi connectivity index (χ0n) is 14.1. The van der Waals surface area contributed by atoms with Crippen molar-refractivity contribution in [1.82, 2.24) is 19.8 Å². The Morgan fingerprint density at radius 1 is 1.04 bits per heavy atom. The number of halogens is 2. The Bertz CT molecular complexity index is 817. The molecule has 0 saturated carbocycles. The first-order valence-electron chi connectivity index (χ1n) is 8.04. The van der Waals surface area contributed by atoms with E-state index in [1.165, 1.54) is 25.3 Å². The van der Waals surface area contributed by atoms with Crippen molar-refractivity contribution in [3.8, 4) is 0 Å². The number of carbonyl (C=O) groups is 2. The molecule has 136 valence electrons. The summed E-state index contributed by atoms with van der Waals surface area (Å²) in [5.74, 6) is -2.01. The molecule has 7 nitrogen and oxygen atoms in total. The van der Waals surface area contributed by atoms with Crippen molar-refractivity contribution in [2.45, 2.75) is 6.92 Å². The average Bonchev–Trinajstić information content (AvgIpc) is 2.64. The second-order valence-corrected chi connectivity index (χ2v) is 5.79. The summed E-state index contributed by atoms with van der Waals surface area (Å²) in [7, 11) is 0. The molecular formula is C17H17F2N5O2. The van der Waals surface area contributed by atoms with Gasteiger partial charge in [-0.3, -0.25) is 9.59 Å². The van der Waals surface area contributed by atoms with Crippen LogP contribution in [0.15, 0.2) is 30.5 Å². The Morgan fingerprint density at radius 2 is 1.65 bits per heavy atom. The number of aromatic nitrogens is 2. The van der Waals surface area contributed by atoms with E-state index in [0.717, 1.165) is 12.1 Å². The van der Waals surface area contributed by atoms with Crippen LogP contribution in [0, 0.1) is 11.6 Å². The van der Waals surface area contributed by atoms with Crippen LogP contribution >= 0.6 is 0 Å². The van der Waals surface area contributed by atoms with E-state index in [-0.39, 0.29) is 29.1 Å². The molecule has 2 heterocycles. The maximum Gasteiger partial charge on any atom is 0.272 e. The van der Waals surface area contributed by atoms with Crippen LogP contribution in [-0.2, 0) is 4.79 Å². The van der Waals surface area contributed by atoms with Gasteiger partial charge in [0.15, 0.2) is 0 Å². The number of hydrogen-bond acceptors (Lipinski definition) is 5. The first-order valence-corrected chi connectivity index (χ1v) is 8.04. The summed E-state index contributed by atoms with van der Waals surface area (Å²) < 4.78 is 27.4. The predicted molar refractivity (Wildman–Crippen MR) is 89.8 cm³/mol. The molecule has 0 bridgehead atoms. The number of amides is 2. The van der Waals surface area contributed by atoms with Crippen LogP contribution in [0.4, 0.5) is 20.4 Å². The van der Waals surface area contributed by atoms with Gasteiger partial charge in [-0.2, -0.15) is 0 Å². The van der Waals surface area contributed by atoms with Gasteiger partial charge in [0, 0.05) is 39.3 Å².